The Kier molecular flexibility index (Phi) is 5.99. The number of thiophene rings is 1. The highest BCUT2D eigenvalue weighted by atomic mass is 79.9. The van der Waals surface area contributed by atoms with E-state index in [9.17, 15) is 4.79 Å². The molecule has 0 fully saturated rings. The van der Waals surface area contributed by atoms with Crippen LogP contribution in [0.5, 0.6) is 0 Å². The van der Waals surface area contributed by atoms with Crippen molar-refractivity contribution < 1.29 is 9.32 Å². The summed E-state index contributed by atoms with van der Waals surface area (Å²) in [5.41, 5.74) is 1.07. The molecule has 0 spiro atoms. The molecule has 0 aliphatic carbocycles. The molecule has 1 amide bonds. The third-order valence-electron chi connectivity index (χ3n) is 3.73. The quantitative estimate of drug-likeness (QED) is 0.599. The fourth-order valence-electron chi connectivity index (χ4n) is 2.44. The van der Waals surface area contributed by atoms with E-state index in [0.29, 0.717) is 31.0 Å². The minimum absolute atomic E-state index is 0.0190. The lowest BCUT2D eigenvalue weighted by atomic mass is 10.1. The van der Waals surface area contributed by atoms with Gasteiger partial charge in [0.2, 0.25) is 17.6 Å². The summed E-state index contributed by atoms with van der Waals surface area (Å²) in [7, 11) is 0. The van der Waals surface area contributed by atoms with Crippen LogP contribution in [0, 0.1) is 0 Å². The maximum absolute atomic E-state index is 12.1. The summed E-state index contributed by atoms with van der Waals surface area (Å²) in [6, 6.07) is 11.8. The van der Waals surface area contributed by atoms with Crippen molar-refractivity contribution in [3.8, 4) is 10.7 Å². The van der Waals surface area contributed by atoms with Gasteiger partial charge in [-0.25, -0.2) is 0 Å². The van der Waals surface area contributed by atoms with Crippen LogP contribution in [-0.2, 0) is 11.2 Å². The van der Waals surface area contributed by atoms with Crippen molar-refractivity contribution in [3.05, 3.63) is 57.7 Å². The topological polar surface area (TPSA) is 68.0 Å². The van der Waals surface area contributed by atoms with Gasteiger partial charge in [0.15, 0.2) is 0 Å². The van der Waals surface area contributed by atoms with Crippen LogP contribution in [0.4, 0.5) is 0 Å². The molecule has 3 aromatic rings. The van der Waals surface area contributed by atoms with Crippen molar-refractivity contribution >= 4 is 33.2 Å². The van der Waals surface area contributed by atoms with Gasteiger partial charge in [-0.3, -0.25) is 4.79 Å². The monoisotopic (exact) mass is 419 g/mol. The zero-order valence-corrected chi connectivity index (χ0v) is 16.1. The standard InChI is InChI=1S/C18H18BrN3O2S/c1-12(13-5-2-6-14(19)11-13)20-16(23)8-3-9-17-21-18(22-24-17)15-7-4-10-25-15/h2,4-7,10-12H,3,8-9H2,1H3,(H,20,23). The molecule has 25 heavy (non-hydrogen) atoms. The van der Waals surface area contributed by atoms with Crippen molar-refractivity contribution in [2.24, 2.45) is 0 Å². The lowest BCUT2D eigenvalue weighted by Gasteiger charge is -2.14. The minimum atomic E-state index is -0.0289. The number of amides is 1. The molecule has 1 aromatic carbocycles. The number of hydrogen-bond acceptors (Lipinski definition) is 5. The van der Waals surface area contributed by atoms with Crippen LogP contribution < -0.4 is 5.32 Å². The maximum atomic E-state index is 12.1. The van der Waals surface area contributed by atoms with E-state index in [2.05, 4.69) is 31.4 Å². The molecule has 1 unspecified atom stereocenters. The van der Waals surface area contributed by atoms with Crippen molar-refractivity contribution in [1.82, 2.24) is 15.5 Å². The summed E-state index contributed by atoms with van der Waals surface area (Å²) in [6.07, 6.45) is 1.69. The Hall–Kier alpha value is -1.99. The van der Waals surface area contributed by atoms with Gasteiger partial charge in [-0.1, -0.05) is 39.3 Å². The van der Waals surface area contributed by atoms with Gasteiger partial charge in [0.25, 0.3) is 0 Å². The highest BCUT2D eigenvalue weighted by Gasteiger charge is 2.12. The summed E-state index contributed by atoms with van der Waals surface area (Å²) < 4.78 is 6.25. The molecule has 7 heteroatoms. The number of nitrogens with one attached hydrogen (secondary N) is 1. The van der Waals surface area contributed by atoms with E-state index in [-0.39, 0.29) is 11.9 Å². The number of hydrogen-bond donors (Lipinski definition) is 1. The number of aromatic nitrogens is 2. The molecule has 0 aliphatic rings. The van der Waals surface area contributed by atoms with E-state index in [4.69, 9.17) is 4.52 Å². The largest absolute Gasteiger partial charge is 0.350 e. The Bertz CT molecular complexity index is 832. The number of rotatable bonds is 7. The third-order valence-corrected chi connectivity index (χ3v) is 5.09. The third kappa shape index (κ3) is 4.99. The summed E-state index contributed by atoms with van der Waals surface area (Å²) in [4.78, 5) is 17.5. The first-order valence-electron chi connectivity index (χ1n) is 8.03. The predicted molar refractivity (Wildman–Crippen MR) is 101 cm³/mol. The van der Waals surface area contributed by atoms with Crippen LogP contribution in [0.15, 0.2) is 50.8 Å². The van der Waals surface area contributed by atoms with Gasteiger partial charge in [-0.15, -0.1) is 11.3 Å². The smallest absolute Gasteiger partial charge is 0.226 e. The van der Waals surface area contributed by atoms with E-state index >= 15 is 0 Å². The van der Waals surface area contributed by atoms with E-state index in [1.165, 1.54) is 0 Å². The van der Waals surface area contributed by atoms with Gasteiger partial charge >= 0.3 is 0 Å². The SMILES string of the molecule is CC(NC(=O)CCCc1nc(-c2cccs2)no1)c1cccc(Br)c1. The normalized spacial score (nSPS) is 12.1. The van der Waals surface area contributed by atoms with Gasteiger partial charge in [0.1, 0.15) is 0 Å². The first-order chi connectivity index (χ1) is 12.1. The molecule has 0 radical (unpaired) electrons. The fraction of sp³-hybridized carbons (Fsp3) is 0.278. The first-order valence-corrected chi connectivity index (χ1v) is 9.70. The summed E-state index contributed by atoms with van der Waals surface area (Å²) in [5.74, 6) is 1.19. The van der Waals surface area contributed by atoms with E-state index in [1.807, 2.05) is 48.7 Å². The lowest BCUT2D eigenvalue weighted by molar-refractivity contribution is -0.121. The summed E-state index contributed by atoms with van der Waals surface area (Å²) >= 11 is 5.02. The second-order valence-electron chi connectivity index (χ2n) is 5.69. The van der Waals surface area contributed by atoms with Crippen molar-refractivity contribution in [2.45, 2.75) is 32.2 Å². The molecule has 0 saturated heterocycles. The van der Waals surface area contributed by atoms with Crippen molar-refractivity contribution in [2.75, 3.05) is 0 Å². The maximum Gasteiger partial charge on any atom is 0.226 e. The zero-order chi connectivity index (χ0) is 17.6. The molecule has 3 rings (SSSR count). The van der Waals surface area contributed by atoms with Gasteiger partial charge in [-0.2, -0.15) is 4.98 Å². The first kappa shape index (κ1) is 17.8. The average Bonchev–Trinajstić information content (AvgIpc) is 3.26. The van der Waals surface area contributed by atoms with Crippen LogP contribution in [-0.4, -0.2) is 16.0 Å². The average molecular weight is 420 g/mol. The minimum Gasteiger partial charge on any atom is -0.350 e. The number of benzene rings is 1. The predicted octanol–water partition coefficient (Wildman–Crippen LogP) is 4.76. The Labute approximate surface area is 158 Å². The molecule has 2 heterocycles. The van der Waals surface area contributed by atoms with Crippen LogP contribution >= 0.6 is 27.3 Å². The molecule has 0 bridgehead atoms. The Morgan fingerprint density at radius 1 is 1.36 bits per heavy atom. The Morgan fingerprint density at radius 3 is 3.00 bits per heavy atom. The van der Waals surface area contributed by atoms with Gasteiger partial charge in [0.05, 0.1) is 10.9 Å². The van der Waals surface area contributed by atoms with E-state index < -0.39 is 0 Å². The molecular formula is C18H18BrN3O2S. The van der Waals surface area contributed by atoms with Crippen LogP contribution in [0.1, 0.15) is 37.3 Å². The molecule has 130 valence electrons. The van der Waals surface area contributed by atoms with Crippen LogP contribution in [0.25, 0.3) is 10.7 Å². The number of halogens is 1. The van der Waals surface area contributed by atoms with Gasteiger partial charge in [0, 0.05) is 17.3 Å². The molecule has 1 atom stereocenters. The molecule has 5 nitrogen and oxygen atoms in total. The highest BCUT2D eigenvalue weighted by Crippen LogP contribution is 2.22. The number of carbonyl (C=O) groups is 1. The van der Waals surface area contributed by atoms with E-state index in [1.54, 1.807) is 11.3 Å². The molecular weight excluding hydrogens is 402 g/mol. The molecule has 0 saturated carbocycles. The Morgan fingerprint density at radius 2 is 2.24 bits per heavy atom. The second-order valence-corrected chi connectivity index (χ2v) is 7.55. The molecule has 2 aromatic heterocycles. The molecule has 1 N–H and O–H groups in total. The second kappa shape index (κ2) is 8.40. The van der Waals surface area contributed by atoms with Crippen molar-refractivity contribution in [1.29, 1.82) is 0 Å². The van der Waals surface area contributed by atoms with Crippen LogP contribution in [0.3, 0.4) is 0 Å². The van der Waals surface area contributed by atoms with E-state index in [0.717, 1.165) is 14.9 Å². The van der Waals surface area contributed by atoms with Gasteiger partial charge < -0.3 is 9.84 Å². The number of aryl methyl sites for hydroxylation is 1. The lowest BCUT2D eigenvalue weighted by Crippen LogP contribution is -2.26. The fourth-order valence-corrected chi connectivity index (χ4v) is 3.50. The van der Waals surface area contributed by atoms with Gasteiger partial charge in [-0.05, 0) is 42.5 Å². The van der Waals surface area contributed by atoms with Crippen molar-refractivity contribution in [3.63, 3.8) is 0 Å². The number of carbonyl (C=O) groups excluding carboxylic acids is 1. The number of nitrogens with zero attached hydrogens (tertiary/aromatic N) is 2. The molecule has 0 aliphatic heterocycles. The summed E-state index contributed by atoms with van der Waals surface area (Å²) in [6.45, 7) is 1.98. The van der Waals surface area contributed by atoms with Crippen LogP contribution in [0.2, 0.25) is 0 Å². The summed E-state index contributed by atoms with van der Waals surface area (Å²) in [5, 5.41) is 8.96. The Balaban J connectivity index is 1.45. The zero-order valence-electron chi connectivity index (χ0n) is 13.7. The highest BCUT2D eigenvalue weighted by molar-refractivity contribution is 9.10.